The minimum absolute atomic E-state index is 0.0232. The van der Waals surface area contributed by atoms with Gasteiger partial charge in [0, 0.05) is 6.42 Å². The van der Waals surface area contributed by atoms with Crippen LogP contribution in [0.1, 0.15) is 13.3 Å². The second-order valence-corrected chi connectivity index (χ2v) is 3.08. The zero-order valence-electron chi connectivity index (χ0n) is 8.62. The highest BCUT2D eigenvalue weighted by Crippen LogP contribution is 2.28. The van der Waals surface area contributed by atoms with E-state index in [2.05, 4.69) is 4.74 Å². The molecule has 0 radical (unpaired) electrons. The molecule has 0 atom stereocenters. The quantitative estimate of drug-likeness (QED) is 0.469. The second-order valence-electron chi connectivity index (χ2n) is 3.08. The molecule has 0 spiro atoms. The molecule has 0 heterocycles. The zero-order chi connectivity index (χ0) is 13.2. The highest BCUT2D eigenvalue weighted by molar-refractivity contribution is 5.79. The van der Waals surface area contributed by atoms with Crippen LogP contribution in [0.2, 0.25) is 0 Å². The summed E-state index contributed by atoms with van der Waals surface area (Å²) in [4.78, 5) is 10.8. The maximum Gasteiger partial charge on any atom is 0.207 e. The van der Waals surface area contributed by atoms with Gasteiger partial charge in [0.2, 0.25) is 29.1 Å². The van der Waals surface area contributed by atoms with Gasteiger partial charge in [0.1, 0.15) is 6.61 Å². The first-order valence-corrected chi connectivity index (χ1v) is 4.56. The Morgan fingerprint density at radius 2 is 1.35 bits per heavy atom. The third kappa shape index (κ3) is 2.54. The molecule has 0 aliphatic heterocycles. The Bertz CT molecular complexity index is 429. The minimum atomic E-state index is -2.27. The fraction of sp³-hybridized carbons (Fsp3) is 0.300. The Kier molecular flexibility index (Phi) is 4.03. The number of carbonyl (C=O) groups is 1. The summed E-state index contributed by atoms with van der Waals surface area (Å²) in [7, 11) is 0. The van der Waals surface area contributed by atoms with Crippen molar-refractivity contribution < 1.29 is 31.5 Å². The Labute approximate surface area is 93.0 Å². The molecule has 0 bridgehead atoms. The van der Waals surface area contributed by atoms with Crippen molar-refractivity contribution in [2.75, 3.05) is 6.61 Å². The molecule has 0 fully saturated rings. The first kappa shape index (κ1) is 13.4. The van der Waals surface area contributed by atoms with Gasteiger partial charge in [0.25, 0.3) is 0 Å². The van der Waals surface area contributed by atoms with Gasteiger partial charge in [-0.25, -0.2) is 13.2 Å². The normalized spacial score (nSPS) is 10.5. The summed E-state index contributed by atoms with van der Waals surface area (Å²) >= 11 is 0. The lowest BCUT2D eigenvalue weighted by molar-refractivity contribution is -0.120. The summed E-state index contributed by atoms with van der Waals surface area (Å²) in [6, 6.07) is 0. The second kappa shape index (κ2) is 5.11. The van der Waals surface area contributed by atoms with Crippen LogP contribution in [0, 0.1) is 29.1 Å². The van der Waals surface area contributed by atoms with Crippen LogP contribution >= 0.6 is 0 Å². The number of Topliss-reactive ketones (excluding diaryl/α,β-unsaturated/α-hetero) is 1. The molecule has 17 heavy (non-hydrogen) atoms. The van der Waals surface area contributed by atoms with E-state index in [4.69, 9.17) is 0 Å². The molecule has 0 saturated heterocycles. The van der Waals surface area contributed by atoms with E-state index >= 15 is 0 Å². The smallest absolute Gasteiger partial charge is 0.207 e. The largest absolute Gasteiger partial charge is 0.480 e. The fourth-order valence-corrected chi connectivity index (χ4v) is 0.966. The van der Waals surface area contributed by atoms with Gasteiger partial charge >= 0.3 is 0 Å². The monoisotopic (exact) mass is 254 g/mol. The molecule has 0 aliphatic rings. The molecule has 0 aliphatic carbocycles. The van der Waals surface area contributed by atoms with Gasteiger partial charge in [0.05, 0.1) is 0 Å². The van der Waals surface area contributed by atoms with Gasteiger partial charge in [-0.05, 0) is 0 Å². The number of benzene rings is 1. The number of hydrogen-bond acceptors (Lipinski definition) is 2. The molecule has 0 aromatic heterocycles. The van der Waals surface area contributed by atoms with E-state index in [0.717, 1.165) is 0 Å². The average Bonchev–Trinajstić information content (AvgIpc) is 2.33. The van der Waals surface area contributed by atoms with Crippen LogP contribution in [0.25, 0.3) is 0 Å². The van der Waals surface area contributed by atoms with Crippen LogP contribution in [0.4, 0.5) is 22.0 Å². The van der Waals surface area contributed by atoms with Crippen molar-refractivity contribution in [1.29, 1.82) is 0 Å². The lowest BCUT2D eigenvalue weighted by atomic mass is 10.2. The fourth-order valence-electron chi connectivity index (χ4n) is 0.966. The van der Waals surface area contributed by atoms with Crippen molar-refractivity contribution in [3.8, 4) is 5.75 Å². The van der Waals surface area contributed by atoms with E-state index in [1.807, 2.05) is 0 Å². The van der Waals surface area contributed by atoms with E-state index in [1.165, 1.54) is 6.92 Å². The summed E-state index contributed by atoms with van der Waals surface area (Å²) in [6.45, 7) is 0.707. The summed E-state index contributed by atoms with van der Waals surface area (Å²) in [5.41, 5.74) is 0. The lowest BCUT2D eigenvalue weighted by Crippen LogP contribution is -2.13. The first-order chi connectivity index (χ1) is 7.90. The van der Waals surface area contributed by atoms with E-state index < -0.39 is 47.2 Å². The molecule has 7 heteroatoms. The predicted molar refractivity (Wildman–Crippen MR) is 47.0 cm³/mol. The Hall–Kier alpha value is -1.66. The van der Waals surface area contributed by atoms with Crippen LogP contribution in [0.15, 0.2) is 0 Å². The van der Waals surface area contributed by atoms with E-state index in [9.17, 15) is 26.7 Å². The molecule has 1 aromatic rings. The van der Waals surface area contributed by atoms with Crippen molar-refractivity contribution in [2.24, 2.45) is 0 Å². The van der Waals surface area contributed by atoms with Crippen molar-refractivity contribution in [1.82, 2.24) is 0 Å². The average molecular weight is 254 g/mol. The molecule has 1 rings (SSSR count). The molecule has 0 amide bonds. The Morgan fingerprint density at radius 1 is 0.941 bits per heavy atom. The number of halogens is 5. The molecule has 94 valence electrons. The zero-order valence-corrected chi connectivity index (χ0v) is 8.62. The lowest BCUT2D eigenvalue weighted by Gasteiger charge is -2.09. The number of carbonyl (C=O) groups excluding carboxylic acids is 1. The number of ether oxygens (including phenoxy) is 1. The van der Waals surface area contributed by atoms with Gasteiger partial charge in [-0.15, -0.1) is 0 Å². The number of rotatable bonds is 4. The van der Waals surface area contributed by atoms with Crippen LogP contribution in [0.5, 0.6) is 5.75 Å². The standard InChI is InChI=1S/C10H7F5O2/c1-2-4(16)3-17-10-8(14)6(12)5(11)7(13)9(10)15/h2-3H2,1H3. The van der Waals surface area contributed by atoms with Crippen LogP contribution in [0.3, 0.4) is 0 Å². The molecule has 0 unspecified atom stereocenters. The maximum atomic E-state index is 13.0. The topological polar surface area (TPSA) is 26.3 Å². The van der Waals surface area contributed by atoms with E-state index in [1.54, 1.807) is 0 Å². The summed E-state index contributed by atoms with van der Waals surface area (Å²) in [6.07, 6.45) is 0.0232. The summed E-state index contributed by atoms with van der Waals surface area (Å²) < 4.78 is 68.3. The Morgan fingerprint density at radius 3 is 1.76 bits per heavy atom. The summed E-state index contributed by atoms with van der Waals surface area (Å²) in [5.74, 6) is -12.6. The van der Waals surface area contributed by atoms with Gasteiger partial charge in [-0.1, -0.05) is 6.92 Å². The molecule has 0 saturated carbocycles. The molecular weight excluding hydrogens is 247 g/mol. The number of hydrogen-bond donors (Lipinski definition) is 0. The van der Waals surface area contributed by atoms with Gasteiger partial charge in [0.15, 0.2) is 11.5 Å². The third-order valence-electron chi connectivity index (χ3n) is 1.94. The first-order valence-electron chi connectivity index (χ1n) is 4.56. The van der Waals surface area contributed by atoms with Crippen LogP contribution in [-0.4, -0.2) is 12.4 Å². The molecular formula is C10H7F5O2. The third-order valence-corrected chi connectivity index (χ3v) is 1.94. The van der Waals surface area contributed by atoms with Crippen LogP contribution < -0.4 is 4.74 Å². The van der Waals surface area contributed by atoms with Crippen molar-refractivity contribution >= 4 is 5.78 Å². The predicted octanol–water partition coefficient (Wildman–Crippen LogP) is 2.74. The molecule has 1 aromatic carbocycles. The summed E-state index contributed by atoms with van der Waals surface area (Å²) in [5, 5.41) is 0. The highest BCUT2D eigenvalue weighted by atomic mass is 19.2. The van der Waals surface area contributed by atoms with Crippen LogP contribution in [-0.2, 0) is 4.79 Å². The van der Waals surface area contributed by atoms with Gasteiger partial charge in [-0.3, -0.25) is 4.79 Å². The Balaban J connectivity index is 3.12. The molecule has 2 nitrogen and oxygen atoms in total. The SMILES string of the molecule is CCC(=O)COc1c(F)c(F)c(F)c(F)c1F. The van der Waals surface area contributed by atoms with Crippen molar-refractivity contribution in [3.05, 3.63) is 29.1 Å². The van der Waals surface area contributed by atoms with E-state index in [-0.39, 0.29) is 6.42 Å². The van der Waals surface area contributed by atoms with Crippen molar-refractivity contribution in [3.63, 3.8) is 0 Å². The highest BCUT2D eigenvalue weighted by Gasteiger charge is 2.27. The maximum absolute atomic E-state index is 13.0. The van der Waals surface area contributed by atoms with Crippen molar-refractivity contribution in [2.45, 2.75) is 13.3 Å². The van der Waals surface area contributed by atoms with Gasteiger partial charge < -0.3 is 4.74 Å². The van der Waals surface area contributed by atoms with Gasteiger partial charge in [-0.2, -0.15) is 8.78 Å². The minimum Gasteiger partial charge on any atom is -0.480 e. The molecule has 0 N–H and O–H groups in total. The van der Waals surface area contributed by atoms with E-state index in [0.29, 0.717) is 0 Å². The number of ketones is 1.